The Morgan fingerprint density at radius 2 is 1.88 bits per heavy atom. The van der Waals surface area contributed by atoms with Crippen LogP contribution in [0.2, 0.25) is 0 Å². The average Bonchev–Trinajstić information content (AvgIpc) is 2.59. The van der Waals surface area contributed by atoms with E-state index >= 15 is 0 Å². The summed E-state index contributed by atoms with van der Waals surface area (Å²) in [5.74, 6) is 0.837. The first kappa shape index (κ1) is 17.8. The molecule has 0 radical (unpaired) electrons. The number of methoxy groups -OCH3 is 2. The number of ether oxygens (including phenoxy) is 2. The van der Waals surface area contributed by atoms with Crippen LogP contribution in [-0.2, 0) is 6.42 Å². The zero-order valence-corrected chi connectivity index (χ0v) is 15.3. The summed E-state index contributed by atoms with van der Waals surface area (Å²) in [5.41, 5.74) is 1.45. The van der Waals surface area contributed by atoms with Crippen molar-refractivity contribution in [3.8, 4) is 11.5 Å². The lowest BCUT2D eigenvalue weighted by molar-refractivity contribution is 0.0909. The summed E-state index contributed by atoms with van der Waals surface area (Å²) in [6.07, 6.45) is 2.63. The molecule has 0 saturated heterocycles. The summed E-state index contributed by atoms with van der Waals surface area (Å²) >= 11 is 0. The molecule has 1 aromatic heterocycles. The molecule has 0 bridgehead atoms. The second-order valence-electron chi connectivity index (χ2n) is 7.02. The first-order valence-corrected chi connectivity index (χ1v) is 8.25. The zero-order chi connectivity index (χ0) is 18.9. The molecule has 1 heterocycles. The highest BCUT2D eigenvalue weighted by Gasteiger charge is 2.32. The third-order valence-corrected chi connectivity index (χ3v) is 4.32. The predicted molar refractivity (Wildman–Crippen MR) is 96.0 cm³/mol. The van der Waals surface area contributed by atoms with Crippen LogP contribution in [0.3, 0.4) is 0 Å². The number of benzene rings is 1. The second kappa shape index (κ2) is 6.74. The van der Waals surface area contributed by atoms with Crippen LogP contribution < -0.4 is 14.8 Å². The van der Waals surface area contributed by atoms with Gasteiger partial charge in [-0.1, -0.05) is 13.8 Å². The highest BCUT2D eigenvalue weighted by atomic mass is 16.5. The Balaban J connectivity index is 1.83. The van der Waals surface area contributed by atoms with E-state index < -0.39 is 0 Å². The van der Waals surface area contributed by atoms with Crippen LogP contribution in [0, 0.1) is 5.41 Å². The van der Waals surface area contributed by atoms with E-state index in [1.165, 1.54) is 20.4 Å². The van der Waals surface area contributed by atoms with E-state index in [0.29, 0.717) is 41.2 Å². The molecule has 0 unspecified atom stereocenters. The van der Waals surface area contributed by atoms with Gasteiger partial charge in [0.15, 0.2) is 17.3 Å². The molecule has 0 saturated carbocycles. The Hall–Kier alpha value is -2.96. The molecule has 1 aliphatic carbocycles. The lowest BCUT2D eigenvalue weighted by atomic mass is 9.76. The van der Waals surface area contributed by atoms with Crippen LogP contribution in [0.25, 0.3) is 0 Å². The fourth-order valence-electron chi connectivity index (χ4n) is 3.04. The molecule has 7 heteroatoms. The fourth-order valence-corrected chi connectivity index (χ4v) is 3.04. The lowest BCUT2D eigenvalue weighted by Crippen LogP contribution is -2.28. The van der Waals surface area contributed by atoms with Gasteiger partial charge in [0.1, 0.15) is 0 Å². The van der Waals surface area contributed by atoms with E-state index in [1.54, 1.807) is 18.2 Å². The Morgan fingerprint density at radius 3 is 2.58 bits per heavy atom. The molecule has 136 valence electrons. The quantitative estimate of drug-likeness (QED) is 0.907. The lowest BCUT2D eigenvalue weighted by Gasteiger charge is -2.29. The molecular formula is C19H21N3O4. The standard InChI is InChI=1S/C19H21N3O4/c1-19(2)8-13-12(14(23)9-19)10-20-18(21-13)22-17(24)11-5-6-15(25-3)16(7-11)26-4/h5-7,10H,8-9H2,1-4H3,(H,20,21,22,24). The molecule has 0 aliphatic heterocycles. The van der Waals surface area contributed by atoms with E-state index in [0.717, 1.165) is 0 Å². The molecule has 7 nitrogen and oxygen atoms in total. The van der Waals surface area contributed by atoms with Crippen molar-refractivity contribution >= 4 is 17.6 Å². The molecule has 0 spiro atoms. The van der Waals surface area contributed by atoms with E-state index in [9.17, 15) is 9.59 Å². The van der Waals surface area contributed by atoms with Crippen molar-refractivity contribution in [3.63, 3.8) is 0 Å². The summed E-state index contributed by atoms with van der Waals surface area (Å²) in [4.78, 5) is 33.2. The first-order chi connectivity index (χ1) is 12.3. The van der Waals surface area contributed by atoms with Crippen LogP contribution in [0.15, 0.2) is 24.4 Å². The number of ketones is 1. The van der Waals surface area contributed by atoms with Crippen LogP contribution in [0.1, 0.15) is 46.7 Å². The summed E-state index contributed by atoms with van der Waals surface area (Å²) in [5, 5.41) is 2.67. The third kappa shape index (κ3) is 3.51. The van der Waals surface area contributed by atoms with Crippen LogP contribution in [0.5, 0.6) is 11.5 Å². The monoisotopic (exact) mass is 355 g/mol. The number of carbonyl (C=O) groups excluding carboxylic acids is 2. The van der Waals surface area contributed by atoms with Crippen molar-refractivity contribution < 1.29 is 19.1 Å². The predicted octanol–water partition coefficient (Wildman–Crippen LogP) is 2.90. The largest absolute Gasteiger partial charge is 0.493 e. The van der Waals surface area contributed by atoms with Gasteiger partial charge in [0, 0.05) is 18.2 Å². The Labute approximate surface area is 151 Å². The van der Waals surface area contributed by atoms with Gasteiger partial charge in [0.05, 0.1) is 25.5 Å². The number of hydrogen-bond acceptors (Lipinski definition) is 6. The number of hydrogen-bond donors (Lipinski definition) is 1. The number of fused-ring (bicyclic) bond motifs is 1. The third-order valence-electron chi connectivity index (χ3n) is 4.32. The van der Waals surface area contributed by atoms with Crippen molar-refractivity contribution in [2.45, 2.75) is 26.7 Å². The summed E-state index contributed by atoms with van der Waals surface area (Å²) < 4.78 is 10.4. The molecule has 2 aromatic rings. The maximum atomic E-state index is 12.5. The number of nitrogens with one attached hydrogen (secondary N) is 1. The number of rotatable bonds is 4. The summed E-state index contributed by atoms with van der Waals surface area (Å²) in [7, 11) is 3.03. The van der Waals surface area contributed by atoms with Gasteiger partial charge in [-0.2, -0.15) is 0 Å². The summed E-state index contributed by atoms with van der Waals surface area (Å²) in [6, 6.07) is 4.86. The van der Waals surface area contributed by atoms with Crippen molar-refractivity contribution in [1.82, 2.24) is 9.97 Å². The van der Waals surface area contributed by atoms with Gasteiger partial charge in [-0.05, 0) is 30.0 Å². The smallest absolute Gasteiger partial charge is 0.258 e. The van der Waals surface area contributed by atoms with Crippen molar-refractivity contribution in [1.29, 1.82) is 0 Å². The van der Waals surface area contributed by atoms with Gasteiger partial charge >= 0.3 is 0 Å². The van der Waals surface area contributed by atoms with Crippen LogP contribution in [-0.4, -0.2) is 35.9 Å². The second-order valence-corrected chi connectivity index (χ2v) is 7.02. The zero-order valence-electron chi connectivity index (χ0n) is 15.3. The van der Waals surface area contributed by atoms with Crippen molar-refractivity contribution in [2.24, 2.45) is 5.41 Å². The SMILES string of the molecule is COc1ccc(C(=O)Nc2ncc3c(n2)CC(C)(C)CC3=O)cc1OC. The number of Topliss-reactive ketones (excluding diaryl/α,β-unsaturated/α-hetero) is 1. The highest BCUT2D eigenvalue weighted by Crippen LogP contribution is 2.34. The molecule has 1 aliphatic rings. The van der Waals surface area contributed by atoms with Gasteiger partial charge in [-0.25, -0.2) is 9.97 Å². The van der Waals surface area contributed by atoms with Gasteiger partial charge < -0.3 is 9.47 Å². The Bertz CT molecular complexity index is 877. The minimum Gasteiger partial charge on any atom is -0.493 e. The number of carbonyl (C=O) groups is 2. The molecule has 26 heavy (non-hydrogen) atoms. The van der Waals surface area contributed by atoms with E-state index in [-0.39, 0.29) is 23.1 Å². The van der Waals surface area contributed by atoms with Crippen LogP contribution >= 0.6 is 0 Å². The van der Waals surface area contributed by atoms with Crippen molar-refractivity contribution in [3.05, 3.63) is 41.2 Å². The highest BCUT2D eigenvalue weighted by molar-refractivity contribution is 6.04. The average molecular weight is 355 g/mol. The normalized spacial score (nSPS) is 15.2. The molecule has 1 amide bonds. The topological polar surface area (TPSA) is 90.4 Å². The minimum absolute atomic E-state index is 0.0361. The Kier molecular flexibility index (Phi) is 4.63. The molecule has 1 aromatic carbocycles. The van der Waals surface area contributed by atoms with Gasteiger partial charge in [0.2, 0.25) is 5.95 Å². The summed E-state index contributed by atoms with van der Waals surface area (Å²) in [6.45, 7) is 4.05. The molecule has 1 N–H and O–H groups in total. The minimum atomic E-state index is -0.368. The molecule has 3 rings (SSSR count). The maximum absolute atomic E-state index is 12.5. The number of anilines is 1. The number of nitrogens with zero attached hydrogens (tertiary/aromatic N) is 2. The Morgan fingerprint density at radius 1 is 1.15 bits per heavy atom. The molecule has 0 atom stereocenters. The van der Waals surface area contributed by atoms with Gasteiger partial charge in [-0.3, -0.25) is 14.9 Å². The maximum Gasteiger partial charge on any atom is 0.258 e. The fraction of sp³-hybridized carbons (Fsp3) is 0.368. The first-order valence-electron chi connectivity index (χ1n) is 8.25. The number of amides is 1. The van der Waals surface area contributed by atoms with E-state index in [4.69, 9.17) is 9.47 Å². The van der Waals surface area contributed by atoms with Gasteiger partial charge in [0.25, 0.3) is 5.91 Å². The van der Waals surface area contributed by atoms with E-state index in [1.807, 2.05) is 13.8 Å². The van der Waals surface area contributed by atoms with E-state index in [2.05, 4.69) is 15.3 Å². The van der Waals surface area contributed by atoms with Gasteiger partial charge in [-0.15, -0.1) is 0 Å². The van der Waals surface area contributed by atoms with Crippen LogP contribution in [0.4, 0.5) is 5.95 Å². The molecule has 0 fully saturated rings. The molecular weight excluding hydrogens is 334 g/mol. The van der Waals surface area contributed by atoms with Crippen molar-refractivity contribution in [2.75, 3.05) is 19.5 Å². The number of aromatic nitrogens is 2.